The number of aryl methyl sites for hydroxylation is 1. The zero-order valence-electron chi connectivity index (χ0n) is 9.03. The van der Waals surface area contributed by atoms with E-state index in [1.54, 1.807) is 12.3 Å². The molecular weight excluding hydrogens is 216 g/mol. The Morgan fingerprint density at radius 1 is 1.56 bits per heavy atom. The van der Waals surface area contributed by atoms with Gasteiger partial charge in [0.25, 0.3) is 6.43 Å². The summed E-state index contributed by atoms with van der Waals surface area (Å²) in [6.45, 7) is 1.20. The number of hydrogen-bond acceptors (Lipinski definition) is 4. The SMILES string of the molecule is Cc1cnc(N(CCO)CC(F)F)c(N)c1. The fourth-order valence-electron chi connectivity index (χ4n) is 1.42. The maximum absolute atomic E-state index is 12.3. The Morgan fingerprint density at radius 2 is 2.25 bits per heavy atom. The van der Waals surface area contributed by atoms with E-state index in [0.29, 0.717) is 11.5 Å². The molecule has 1 aromatic heterocycles. The minimum Gasteiger partial charge on any atom is -0.396 e. The highest BCUT2D eigenvalue weighted by Gasteiger charge is 2.15. The lowest BCUT2D eigenvalue weighted by Crippen LogP contribution is -2.32. The standard InChI is InChI=1S/C10H15F2N3O/c1-7-4-8(13)10(14-5-7)15(2-3-16)6-9(11)12/h4-5,9,16H,2-3,6,13H2,1H3. The number of aromatic nitrogens is 1. The van der Waals surface area contributed by atoms with E-state index < -0.39 is 13.0 Å². The predicted octanol–water partition coefficient (Wildman–Crippen LogP) is 1.04. The Morgan fingerprint density at radius 3 is 2.75 bits per heavy atom. The monoisotopic (exact) mass is 231 g/mol. The van der Waals surface area contributed by atoms with Gasteiger partial charge in [-0.25, -0.2) is 13.8 Å². The molecule has 0 saturated carbocycles. The van der Waals surface area contributed by atoms with Crippen LogP contribution in [0.1, 0.15) is 5.56 Å². The number of halogens is 2. The van der Waals surface area contributed by atoms with Crippen molar-refractivity contribution in [3.8, 4) is 0 Å². The largest absolute Gasteiger partial charge is 0.396 e. The van der Waals surface area contributed by atoms with E-state index in [0.717, 1.165) is 5.56 Å². The van der Waals surface area contributed by atoms with E-state index >= 15 is 0 Å². The number of alkyl halides is 2. The van der Waals surface area contributed by atoms with Crippen molar-refractivity contribution in [1.29, 1.82) is 0 Å². The van der Waals surface area contributed by atoms with Gasteiger partial charge in [-0.1, -0.05) is 0 Å². The van der Waals surface area contributed by atoms with Crippen molar-refractivity contribution in [2.45, 2.75) is 13.3 Å². The second kappa shape index (κ2) is 5.60. The van der Waals surface area contributed by atoms with Crippen LogP contribution < -0.4 is 10.6 Å². The zero-order chi connectivity index (χ0) is 12.1. The molecule has 0 aliphatic heterocycles. The van der Waals surface area contributed by atoms with Crippen LogP contribution in [0, 0.1) is 6.92 Å². The molecule has 1 aromatic rings. The topological polar surface area (TPSA) is 62.4 Å². The Bertz CT molecular complexity index is 347. The van der Waals surface area contributed by atoms with Gasteiger partial charge in [0.15, 0.2) is 5.82 Å². The van der Waals surface area contributed by atoms with Crippen LogP contribution in [0.3, 0.4) is 0 Å². The number of pyridine rings is 1. The molecule has 0 aromatic carbocycles. The van der Waals surface area contributed by atoms with Crippen LogP contribution in [-0.4, -0.2) is 36.2 Å². The van der Waals surface area contributed by atoms with Crippen molar-refractivity contribution >= 4 is 11.5 Å². The first-order valence-electron chi connectivity index (χ1n) is 4.90. The third-order valence-electron chi connectivity index (χ3n) is 2.06. The summed E-state index contributed by atoms with van der Waals surface area (Å²) < 4.78 is 24.6. The van der Waals surface area contributed by atoms with Crippen molar-refractivity contribution in [3.05, 3.63) is 17.8 Å². The number of rotatable bonds is 5. The van der Waals surface area contributed by atoms with E-state index in [2.05, 4.69) is 4.98 Å². The van der Waals surface area contributed by atoms with Crippen LogP contribution >= 0.6 is 0 Å². The first-order chi connectivity index (χ1) is 7.54. The second-order valence-corrected chi connectivity index (χ2v) is 3.49. The van der Waals surface area contributed by atoms with Crippen LogP contribution in [0.25, 0.3) is 0 Å². The summed E-state index contributed by atoms with van der Waals surface area (Å²) in [5, 5.41) is 8.80. The van der Waals surface area contributed by atoms with Crippen LogP contribution in [0.5, 0.6) is 0 Å². The van der Waals surface area contributed by atoms with Gasteiger partial charge in [0.2, 0.25) is 0 Å². The molecule has 0 radical (unpaired) electrons. The summed E-state index contributed by atoms with van der Waals surface area (Å²) in [7, 11) is 0. The van der Waals surface area contributed by atoms with Crippen molar-refractivity contribution in [1.82, 2.24) is 4.98 Å². The van der Waals surface area contributed by atoms with Gasteiger partial charge in [0.1, 0.15) is 0 Å². The molecular formula is C10H15F2N3O. The molecule has 0 unspecified atom stereocenters. The molecule has 4 nitrogen and oxygen atoms in total. The minimum absolute atomic E-state index is 0.0879. The van der Waals surface area contributed by atoms with Crippen molar-refractivity contribution in [3.63, 3.8) is 0 Å². The number of anilines is 2. The van der Waals surface area contributed by atoms with Crippen molar-refractivity contribution in [2.75, 3.05) is 30.3 Å². The van der Waals surface area contributed by atoms with E-state index in [1.165, 1.54) is 4.90 Å². The Hall–Kier alpha value is -1.43. The van der Waals surface area contributed by atoms with Gasteiger partial charge in [-0.3, -0.25) is 0 Å². The van der Waals surface area contributed by atoms with Gasteiger partial charge < -0.3 is 15.7 Å². The third kappa shape index (κ3) is 3.30. The number of aliphatic hydroxyl groups is 1. The lowest BCUT2D eigenvalue weighted by Gasteiger charge is -2.23. The van der Waals surface area contributed by atoms with Gasteiger partial charge >= 0.3 is 0 Å². The molecule has 1 heterocycles. The van der Waals surface area contributed by atoms with Gasteiger partial charge in [0, 0.05) is 12.7 Å². The number of nitrogens with two attached hydrogens (primary N) is 1. The minimum atomic E-state index is -2.49. The average Bonchev–Trinajstić information content (AvgIpc) is 2.16. The van der Waals surface area contributed by atoms with Crippen LogP contribution in [0.4, 0.5) is 20.3 Å². The summed E-state index contributed by atoms with van der Waals surface area (Å²) in [6.07, 6.45) is -0.935. The second-order valence-electron chi connectivity index (χ2n) is 3.49. The molecule has 0 amide bonds. The molecule has 0 aliphatic rings. The molecule has 0 spiro atoms. The number of hydrogen-bond donors (Lipinski definition) is 2. The molecule has 90 valence electrons. The van der Waals surface area contributed by atoms with Gasteiger partial charge in [0.05, 0.1) is 18.8 Å². The quantitative estimate of drug-likeness (QED) is 0.794. The first kappa shape index (κ1) is 12.6. The summed E-state index contributed by atoms with van der Waals surface area (Å²) in [5.41, 5.74) is 6.90. The predicted molar refractivity (Wildman–Crippen MR) is 58.7 cm³/mol. The highest BCUT2D eigenvalue weighted by molar-refractivity contribution is 5.63. The molecule has 6 heteroatoms. The highest BCUT2D eigenvalue weighted by atomic mass is 19.3. The van der Waals surface area contributed by atoms with Crippen LogP contribution in [0.2, 0.25) is 0 Å². The first-order valence-corrected chi connectivity index (χ1v) is 4.90. The van der Waals surface area contributed by atoms with Gasteiger partial charge in [-0.2, -0.15) is 0 Å². The average molecular weight is 231 g/mol. The van der Waals surface area contributed by atoms with Gasteiger partial charge in [-0.15, -0.1) is 0 Å². The summed E-state index contributed by atoms with van der Waals surface area (Å²) in [4.78, 5) is 5.28. The fraction of sp³-hybridized carbons (Fsp3) is 0.500. The molecule has 3 N–H and O–H groups in total. The van der Waals surface area contributed by atoms with Crippen LogP contribution in [0.15, 0.2) is 12.3 Å². The Kier molecular flexibility index (Phi) is 4.42. The summed E-state index contributed by atoms with van der Waals surface area (Å²) in [6, 6.07) is 1.66. The lowest BCUT2D eigenvalue weighted by atomic mass is 10.2. The van der Waals surface area contributed by atoms with E-state index in [-0.39, 0.29) is 13.2 Å². The normalized spacial score (nSPS) is 10.8. The smallest absolute Gasteiger partial charge is 0.255 e. The third-order valence-corrected chi connectivity index (χ3v) is 2.06. The van der Waals surface area contributed by atoms with Crippen LogP contribution in [-0.2, 0) is 0 Å². The molecule has 0 atom stereocenters. The molecule has 16 heavy (non-hydrogen) atoms. The Labute approximate surface area is 92.7 Å². The molecule has 0 aliphatic carbocycles. The number of aliphatic hydroxyl groups excluding tert-OH is 1. The fourth-order valence-corrected chi connectivity index (χ4v) is 1.42. The lowest BCUT2D eigenvalue weighted by molar-refractivity contribution is 0.152. The van der Waals surface area contributed by atoms with E-state index in [1.807, 2.05) is 6.92 Å². The zero-order valence-corrected chi connectivity index (χ0v) is 9.03. The van der Waals surface area contributed by atoms with Crippen molar-refractivity contribution < 1.29 is 13.9 Å². The maximum Gasteiger partial charge on any atom is 0.255 e. The number of nitrogens with zero attached hydrogens (tertiary/aromatic N) is 2. The molecule has 1 rings (SSSR count). The van der Waals surface area contributed by atoms with Crippen molar-refractivity contribution in [2.24, 2.45) is 0 Å². The summed E-state index contributed by atoms with van der Waals surface area (Å²) in [5.74, 6) is 0.292. The Balaban J connectivity index is 2.91. The molecule has 0 fully saturated rings. The van der Waals surface area contributed by atoms with E-state index in [9.17, 15) is 8.78 Å². The highest BCUT2D eigenvalue weighted by Crippen LogP contribution is 2.21. The summed E-state index contributed by atoms with van der Waals surface area (Å²) >= 11 is 0. The number of nitrogen functional groups attached to an aromatic ring is 1. The van der Waals surface area contributed by atoms with Gasteiger partial charge in [-0.05, 0) is 18.6 Å². The molecule has 0 bridgehead atoms. The maximum atomic E-state index is 12.3. The molecule has 0 saturated heterocycles. The van der Waals surface area contributed by atoms with E-state index in [4.69, 9.17) is 10.8 Å².